The molecule has 0 aromatic heterocycles. The highest BCUT2D eigenvalue weighted by Gasteiger charge is 2.11. The van der Waals surface area contributed by atoms with E-state index >= 15 is 0 Å². The zero-order chi connectivity index (χ0) is 18.8. The number of benzene rings is 1. The zero-order valence-electron chi connectivity index (χ0n) is 15.9. The molecule has 1 aromatic rings. The highest BCUT2D eigenvalue weighted by molar-refractivity contribution is 6.32. The second-order valence-corrected chi connectivity index (χ2v) is 7.00. The summed E-state index contributed by atoms with van der Waals surface area (Å²) in [7, 11) is 1.57. The monoisotopic (exact) mass is 367 g/mol. The lowest BCUT2D eigenvalue weighted by Gasteiger charge is -2.14. The third-order valence-corrected chi connectivity index (χ3v) is 3.98. The second kappa shape index (κ2) is 11.0. The maximum absolute atomic E-state index is 12.0. The summed E-state index contributed by atoms with van der Waals surface area (Å²) in [6, 6.07) is 3.73. The van der Waals surface area contributed by atoms with Gasteiger partial charge >= 0.3 is 0 Å². The molecule has 1 amide bonds. The topological polar surface area (TPSA) is 47.6 Å². The Hall–Kier alpha value is -1.68. The predicted molar refractivity (Wildman–Crippen MR) is 105 cm³/mol. The van der Waals surface area contributed by atoms with Crippen LogP contribution < -0.4 is 14.8 Å². The van der Waals surface area contributed by atoms with Crippen molar-refractivity contribution < 1.29 is 14.3 Å². The fraction of sp³-hybridized carbons (Fsp3) is 0.550. The van der Waals surface area contributed by atoms with Crippen LogP contribution in [-0.2, 0) is 4.79 Å². The summed E-state index contributed by atoms with van der Waals surface area (Å²) in [5, 5.41) is 3.44. The number of methoxy groups -OCH3 is 1. The summed E-state index contributed by atoms with van der Waals surface area (Å²) < 4.78 is 11.0. The van der Waals surface area contributed by atoms with E-state index in [1.165, 1.54) is 6.08 Å². The van der Waals surface area contributed by atoms with E-state index in [9.17, 15) is 4.79 Å². The van der Waals surface area contributed by atoms with Gasteiger partial charge in [-0.2, -0.15) is 0 Å². The molecule has 0 radical (unpaired) electrons. The highest BCUT2D eigenvalue weighted by atomic mass is 35.5. The molecule has 1 N–H and O–H groups in total. The zero-order valence-corrected chi connectivity index (χ0v) is 16.7. The summed E-state index contributed by atoms with van der Waals surface area (Å²) in [6.07, 6.45) is 6.19. The van der Waals surface area contributed by atoms with E-state index in [0.29, 0.717) is 29.0 Å². The van der Waals surface area contributed by atoms with Gasteiger partial charge in [0.2, 0.25) is 5.91 Å². The third kappa shape index (κ3) is 7.82. The smallest absolute Gasteiger partial charge is 0.244 e. The van der Waals surface area contributed by atoms with Gasteiger partial charge in [0.25, 0.3) is 0 Å². The van der Waals surface area contributed by atoms with E-state index in [0.717, 1.165) is 24.8 Å². The van der Waals surface area contributed by atoms with Gasteiger partial charge in [0.15, 0.2) is 11.5 Å². The van der Waals surface area contributed by atoms with E-state index in [1.54, 1.807) is 19.3 Å². The fourth-order valence-corrected chi connectivity index (χ4v) is 2.57. The van der Waals surface area contributed by atoms with Gasteiger partial charge < -0.3 is 14.8 Å². The fourth-order valence-electron chi connectivity index (χ4n) is 2.30. The van der Waals surface area contributed by atoms with Crippen molar-refractivity contribution in [3.05, 3.63) is 28.8 Å². The molecule has 0 saturated heterocycles. The first-order valence-electron chi connectivity index (χ1n) is 8.86. The van der Waals surface area contributed by atoms with Crippen molar-refractivity contribution in [2.75, 3.05) is 13.7 Å². The molecule has 140 valence electrons. The highest BCUT2D eigenvalue weighted by Crippen LogP contribution is 2.36. The number of halogens is 1. The Balaban J connectivity index is 2.73. The van der Waals surface area contributed by atoms with Crippen LogP contribution in [0.5, 0.6) is 11.5 Å². The van der Waals surface area contributed by atoms with Crippen molar-refractivity contribution in [1.82, 2.24) is 5.32 Å². The van der Waals surface area contributed by atoms with Gasteiger partial charge in [-0.15, -0.1) is 0 Å². The number of amides is 1. The molecule has 1 atom stereocenters. The van der Waals surface area contributed by atoms with Crippen molar-refractivity contribution in [3.63, 3.8) is 0 Å². The van der Waals surface area contributed by atoms with Gasteiger partial charge in [0.05, 0.1) is 18.7 Å². The van der Waals surface area contributed by atoms with E-state index in [1.807, 2.05) is 19.9 Å². The molecule has 0 aliphatic rings. The molecule has 0 saturated carbocycles. The van der Waals surface area contributed by atoms with E-state index in [-0.39, 0.29) is 11.9 Å². The summed E-state index contributed by atoms with van der Waals surface area (Å²) in [5.41, 5.74) is 0.788. The normalized spacial score (nSPS) is 12.4. The molecule has 1 aromatic carbocycles. The van der Waals surface area contributed by atoms with Crippen LogP contribution in [0.3, 0.4) is 0 Å². The van der Waals surface area contributed by atoms with Crippen LogP contribution in [0.2, 0.25) is 5.02 Å². The third-order valence-electron chi connectivity index (χ3n) is 3.70. The molecule has 0 aliphatic carbocycles. The second-order valence-electron chi connectivity index (χ2n) is 6.60. The number of hydrogen-bond donors (Lipinski definition) is 1. The van der Waals surface area contributed by atoms with E-state index in [2.05, 4.69) is 19.2 Å². The van der Waals surface area contributed by atoms with Crippen LogP contribution in [0.4, 0.5) is 0 Å². The average Bonchev–Trinajstić information content (AvgIpc) is 2.56. The maximum Gasteiger partial charge on any atom is 0.244 e. The summed E-state index contributed by atoms with van der Waals surface area (Å²) >= 11 is 6.28. The first-order chi connectivity index (χ1) is 11.9. The van der Waals surface area contributed by atoms with Crippen molar-refractivity contribution in [2.24, 2.45) is 5.92 Å². The van der Waals surface area contributed by atoms with Gasteiger partial charge in [-0.25, -0.2) is 0 Å². The minimum Gasteiger partial charge on any atom is -0.493 e. The summed E-state index contributed by atoms with van der Waals surface area (Å²) in [6.45, 7) is 8.98. The molecule has 0 bridgehead atoms. The molecule has 0 aliphatic heterocycles. The summed E-state index contributed by atoms with van der Waals surface area (Å²) in [5.74, 6) is 1.62. The minimum atomic E-state index is -0.113. The largest absolute Gasteiger partial charge is 0.493 e. The van der Waals surface area contributed by atoms with Crippen molar-refractivity contribution in [3.8, 4) is 11.5 Å². The Morgan fingerprint density at radius 1 is 1.28 bits per heavy atom. The number of carbonyl (C=O) groups excluding carboxylic acids is 1. The lowest BCUT2D eigenvalue weighted by atomic mass is 10.0. The molecule has 25 heavy (non-hydrogen) atoms. The molecule has 0 spiro atoms. The SMILES string of the molecule is CCCOc1c(Cl)cc(/C=C/C(=O)NC(C)CCC(C)C)cc1OC. The molecular formula is C20H30ClNO3. The van der Waals surface area contributed by atoms with E-state index in [4.69, 9.17) is 21.1 Å². The van der Waals surface area contributed by atoms with Gasteiger partial charge in [0, 0.05) is 12.1 Å². The molecule has 4 nitrogen and oxygen atoms in total. The lowest BCUT2D eigenvalue weighted by molar-refractivity contribution is -0.117. The number of ether oxygens (including phenoxy) is 2. The molecule has 5 heteroatoms. The Labute approximate surface area is 156 Å². The quantitative estimate of drug-likeness (QED) is 0.586. The minimum absolute atomic E-state index is 0.113. The molecular weight excluding hydrogens is 338 g/mol. The number of nitrogens with one attached hydrogen (secondary N) is 1. The van der Waals surface area contributed by atoms with Crippen molar-refractivity contribution in [2.45, 2.75) is 53.0 Å². The Kier molecular flexibility index (Phi) is 9.43. The Morgan fingerprint density at radius 3 is 2.60 bits per heavy atom. The molecule has 0 heterocycles. The van der Waals surface area contributed by atoms with Crippen LogP contribution in [-0.4, -0.2) is 25.7 Å². The number of hydrogen-bond acceptors (Lipinski definition) is 3. The first kappa shape index (κ1) is 21.4. The maximum atomic E-state index is 12.0. The van der Waals surface area contributed by atoms with Crippen molar-refractivity contribution >= 4 is 23.6 Å². The first-order valence-corrected chi connectivity index (χ1v) is 9.24. The van der Waals surface area contributed by atoms with Gasteiger partial charge in [-0.1, -0.05) is 32.4 Å². The van der Waals surface area contributed by atoms with Gasteiger partial charge in [-0.3, -0.25) is 4.79 Å². The number of carbonyl (C=O) groups is 1. The standard InChI is InChI=1S/C20H30ClNO3/c1-6-11-25-20-17(21)12-16(13-18(20)24-5)9-10-19(23)22-15(4)8-7-14(2)3/h9-10,12-15H,6-8,11H2,1-5H3,(H,22,23)/b10-9+. The molecule has 1 rings (SSSR count). The van der Waals surface area contributed by atoms with Gasteiger partial charge in [0.1, 0.15) is 0 Å². The van der Waals surface area contributed by atoms with Crippen LogP contribution in [0, 0.1) is 5.92 Å². The summed E-state index contributed by atoms with van der Waals surface area (Å²) in [4.78, 5) is 12.0. The van der Waals surface area contributed by atoms with Crippen molar-refractivity contribution in [1.29, 1.82) is 0 Å². The van der Waals surface area contributed by atoms with Crippen LogP contribution >= 0.6 is 11.6 Å². The number of rotatable bonds is 10. The van der Waals surface area contributed by atoms with Crippen LogP contribution in [0.1, 0.15) is 52.5 Å². The molecule has 1 unspecified atom stereocenters. The Morgan fingerprint density at radius 2 is 2.00 bits per heavy atom. The molecule has 0 fully saturated rings. The lowest BCUT2D eigenvalue weighted by Crippen LogP contribution is -2.31. The average molecular weight is 368 g/mol. The van der Waals surface area contributed by atoms with Crippen LogP contribution in [0.15, 0.2) is 18.2 Å². The van der Waals surface area contributed by atoms with Gasteiger partial charge in [-0.05, 0) is 55.9 Å². The van der Waals surface area contributed by atoms with Crippen LogP contribution in [0.25, 0.3) is 6.08 Å². The Bertz CT molecular complexity index is 585. The predicted octanol–water partition coefficient (Wildman–Crippen LogP) is 5.09. The van der Waals surface area contributed by atoms with E-state index < -0.39 is 0 Å².